The van der Waals surface area contributed by atoms with Gasteiger partial charge in [-0.1, -0.05) is 42.5 Å². The number of Topliss-reactive ketones (excluding diaryl/α,β-unsaturated/α-hetero) is 1. The molecule has 0 radical (unpaired) electrons. The van der Waals surface area contributed by atoms with Crippen molar-refractivity contribution >= 4 is 35.0 Å². The van der Waals surface area contributed by atoms with Gasteiger partial charge >= 0.3 is 0 Å². The van der Waals surface area contributed by atoms with E-state index in [2.05, 4.69) is 0 Å². The first-order valence-electron chi connectivity index (χ1n) is 11.2. The molecule has 4 atom stereocenters. The van der Waals surface area contributed by atoms with Crippen LogP contribution in [0.15, 0.2) is 72.2 Å². The Morgan fingerprint density at radius 3 is 2.47 bits per heavy atom. The smallest absolute Gasteiger partial charge is 0.236 e. The van der Waals surface area contributed by atoms with Crippen LogP contribution in [0.5, 0.6) is 5.75 Å². The number of imide groups is 1. The molecule has 3 aromatic rings. The summed E-state index contributed by atoms with van der Waals surface area (Å²) in [4.78, 5) is 45.0. The standard InChI is InChI=1S/C27H22N2O4S/c1-33-18-10-8-16(9-11-18)15-29-26(31)21-22(27(29)32)24(25(30)20-7-4-14-34-20)28-13-12-17-5-2-3-6-19(17)23(21)28/h2-14,21-24H,15H2,1H3/t21-,22-,23+,24+/m1/s1. The molecule has 4 heterocycles. The van der Waals surface area contributed by atoms with Crippen LogP contribution in [-0.2, 0) is 16.1 Å². The Bertz CT molecular complexity index is 1310. The minimum Gasteiger partial charge on any atom is -0.497 e. The van der Waals surface area contributed by atoms with Crippen LogP contribution in [0.1, 0.15) is 32.4 Å². The quantitative estimate of drug-likeness (QED) is 0.414. The normalized spacial score (nSPS) is 24.7. The van der Waals surface area contributed by atoms with Crippen LogP contribution in [0.4, 0.5) is 0 Å². The predicted molar refractivity (Wildman–Crippen MR) is 128 cm³/mol. The SMILES string of the molecule is COc1ccc(CN2C(=O)[C@@H]3[C@@H](C2=O)[C@@H]2c4ccccc4C=CN2[C@@H]3C(=O)c2cccs2)cc1. The van der Waals surface area contributed by atoms with Gasteiger partial charge in [0.2, 0.25) is 11.8 Å². The van der Waals surface area contributed by atoms with Gasteiger partial charge in [-0.25, -0.2) is 0 Å². The maximum absolute atomic E-state index is 13.8. The number of hydrogen-bond donors (Lipinski definition) is 0. The lowest BCUT2D eigenvalue weighted by Gasteiger charge is -2.35. The molecule has 34 heavy (non-hydrogen) atoms. The third-order valence-corrected chi connectivity index (χ3v) is 7.97. The Morgan fingerprint density at radius 2 is 1.74 bits per heavy atom. The van der Waals surface area contributed by atoms with Gasteiger partial charge in [0.05, 0.1) is 36.4 Å². The highest BCUT2D eigenvalue weighted by Crippen LogP contribution is 2.53. The van der Waals surface area contributed by atoms with E-state index in [1.165, 1.54) is 16.2 Å². The Labute approximate surface area is 201 Å². The number of amides is 2. The second-order valence-corrected chi connectivity index (χ2v) is 9.73. The number of fused-ring (bicyclic) bond motifs is 5. The second-order valence-electron chi connectivity index (χ2n) is 8.79. The summed E-state index contributed by atoms with van der Waals surface area (Å²) in [5, 5.41) is 1.86. The third kappa shape index (κ3) is 3.04. The molecule has 3 aliphatic rings. The lowest BCUT2D eigenvalue weighted by molar-refractivity contribution is -0.142. The number of likely N-dealkylation sites (tertiary alicyclic amines) is 1. The molecule has 170 valence electrons. The molecule has 2 aromatic carbocycles. The summed E-state index contributed by atoms with van der Waals surface area (Å²) in [5.74, 6) is -1.22. The monoisotopic (exact) mass is 470 g/mol. The minimum atomic E-state index is -0.721. The van der Waals surface area contributed by atoms with Crippen LogP contribution in [0.2, 0.25) is 0 Å². The molecule has 2 saturated heterocycles. The third-order valence-electron chi connectivity index (χ3n) is 7.09. The summed E-state index contributed by atoms with van der Waals surface area (Å²) in [5.41, 5.74) is 2.83. The molecule has 0 bridgehead atoms. The lowest BCUT2D eigenvalue weighted by Crippen LogP contribution is -2.43. The molecule has 6 nitrogen and oxygen atoms in total. The molecule has 7 heteroatoms. The first-order chi connectivity index (χ1) is 16.6. The van der Waals surface area contributed by atoms with Gasteiger partial charge in [-0.2, -0.15) is 0 Å². The van der Waals surface area contributed by atoms with Gasteiger partial charge in [-0.3, -0.25) is 19.3 Å². The molecule has 1 aromatic heterocycles. The lowest BCUT2D eigenvalue weighted by atomic mass is 9.84. The van der Waals surface area contributed by atoms with Crippen LogP contribution < -0.4 is 4.74 Å². The summed E-state index contributed by atoms with van der Waals surface area (Å²) < 4.78 is 5.21. The number of carbonyl (C=O) groups is 3. The number of ketones is 1. The number of methoxy groups -OCH3 is 1. The van der Waals surface area contributed by atoms with E-state index in [-0.39, 0.29) is 30.2 Å². The van der Waals surface area contributed by atoms with Crippen LogP contribution in [0, 0.1) is 11.8 Å². The highest BCUT2D eigenvalue weighted by molar-refractivity contribution is 7.12. The molecule has 6 rings (SSSR count). The first kappa shape index (κ1) is 20.9. The fraction of sp³-hybridized carbons (Fsp3) is 0.222. The molecule has 0 N–H and O–H groups in total. The van der Waals surface area contributed by atoms with Gasteiger partial charge < -0.3 is 9.64 Å². The molecule has 0 saturated carbocycles. The average molecular weight is 471 g/mol. The van der Waals surface area contributed by atoms with E-state index in [9.17, 15) is 14.4 Å². The molecule has 0 aliphatic carbocycles. The predicted octanol–water partition coefficient (Wildman–Crippen LogP) is 4.15. The number of benzene rings is 2. The van der Waals surface area contributed by atoms with Gasteiger partial charge in [0.1, 0.15) is 11.8 Å². The van der Waals surface area contributed by atoms with Gasteiger partial charge in [0.15, 0.2) is 5.78 Å². The van der Waals surface area contributed by atoms with Crippen LogP contribution in [-0.4, -0.2) is 40.5 Å². The summed E-state index contributed by atoms with van der Waals surface area (Å²) in [6, 6.07) is 17.8. The maximum atomic E-state index is 13.8. The van der Waals surface area contributed by atoms with Crippen molar-refractivity contribution < 1.29 is 19.1 Å². The van der Waals surface area contributed by atoms with E-state index >= 15 is 0 Å². The molecule has 0 unspecified atom stereocenters. The number of carbonyl (C=O) groups excluding carboxylic acids is 3. The summed E-state index contributed by atoms with van der Waals surface area (Å²) in [6.45, 7) is 0.179. The Morgan fingerprint density at radius 1 is 0.971 bits per heavy atom. The number of rotatable bonds is 5. The largest absolute Gasteiger partial charge is 0.497 e. The zero-order valence-corrected chi connectivity index (χ0v) is 19.3. The van der Waals surface area contributed by atoms with Crippen molar-refractivity contribution in [2.24, 2.45) is 11.8 Å². The number of hydrogen-bond acceptors (Lipinski definition) is 6. The van der Waals surface area contributed by atoms with Crippen molar-refractivity contribution in [3.8, 4) is 5.75 Å². The zero-order valence-electron chi connectivity index (χ0n) is 18.5. The van der Waals surface area contributed by atoms with Crippen molar-refractivity contribution in [3.63, 3.8) is 0 Å². The van der Waals surface area contributed by atoms with Gasteiger partial charge in [0, 0.05) is 6.20 Å². The number of ether oxygens (including phenoxy) is 1. The summed E-state index contributed by atoms with van der Waals surface area (Å²) >= 11 is 1.36. The minimum absolute atomic E-state index is 0.107. The molecular weight excluding hydrogens is 448 g/mol. The molecule has 2 fully saturated rings. The van der Waals surface area contributed by atoms with Crippen molar-refractivity contribution in [2.75, 3.05) is 7.11 Å². The van der Waals surface area contributed by atoms with E-state index in [4.69, 9.17) is 4.74 Å². The maximum Gasteiger partial charge on any atom is 0.236 e. The van der Waals surface area contributed by atoms with E-state index in [0.717, 1.165) is 16.7 Å². The zero-order chi connectivity index (χ0) is 23.4. The van der Waals surface area contributed by atoms with Crippen LogP contribution in [0.3, 0.4) is 0 Å². The van der Waals surface area contributed by atoms with Crippen molar-refractivity contribution in [1.82, 2.24) is 9.80 Å². The van der Waals surface area contributed by atoms with Gasteiger partial charge in [-0.05, 0) is 46.3 Å². The Balaban J connectivity index is 1.41. The molecule has 2 amide bonds. The molecular formula is C27H22N2O4S. The highest BCUT2D eigenvalue weighted by Gasteiger charge is 2.64. The average Bonchev–Trinajstić information content (AvgIpc) is 3.58. The van der Waals surface area contributed by atoms with E-state index in [0.29, 0.717) is 10.6 Å². The van der Waals surface area contributed by atoms with Crippen LogP contribution in [0.25, 0.3) is 6.08 Å². The van der Waals surface area contributed by atoms with E-state index in [1.807, 2.05) is 77.2 Å². The first-order valence-corrected chi connectivity index (χ1v) is 12.1. The van der Waals surface area contributed by atoms with Gasteiger partial charge in [-0.15, -0.1) is 11.3 Å². The number of nitrogens with zero attached hydrogens (tertiary/aromatic N) is 2. The highest BCUT2D eigenvalue weighted by atomic mass is 32.1. The van der Waals surface area contributed by atoms with E-state index in [1.54, 1.807) is 13.2 Å². The summed E-state index contributed by atoms with van der Waals surface area (Å²) in [7, 11) is 1.59. The summed E-state index contributed by atoms with van der Waals surface area (Å²) in [6.07, 6.45) is 3.85. The fourth-order valence-electron chi connectivity index (χ4n) is 5.55. The number of thiophene rings is 1. The topological polar surface area (TPSA) is 66.9 Å². The second kappa shape index (κ2) is 7.95. The van der Waals surface area contributed by atoms with Crippen molar-refractivity contribution in [2.45, 2.75) is 18.6 Å². The van der Waals surface area contributed by atoms with Crippen LogP contribution >= 0.6 is 11.3 Å². The molecule has 3 aliphatic heterocycles. The van der Waals surface area contributed by atoms with E-state index < -0.39 is 17.9 Å². The fourth-order valence-corrected chi connectivity index (χ4v) is 6.25. The van der Waals surface area contributed by atoms with Gasteiger partial charge in [0.25, 0.3) is 0 Å². The van der Waals surface area contributed by atoms with Crippen molar-refractivity contribution in [1.29, 1.82) is 0 Å². The Kier molecular flexibility index (Phi) is 4.88. The Hall–Kier alpha value is -3.71. The van der Waals surface area contributed by atoms with Crippen molar-refractivity contribution in [3.05, 3.63) is 93.8 Å². The molecule has 0 spiro atoms.